The summed E-state index contributed by atoms with van der Waals surface area (Å²) in [6.07, 6.45) is 5.42. The van der Waals surface area contributed by atoms with Crippen LogP contribution in [0.1, 0.15) is 53.2 Å². The van der Waals surface area contributed by atoms with Crippen molar-refractivity contribution in [2.45, 2.75) is 60.4 Å². The largest absolute Gasteiger partial charge is 0.249 e. The summed E-state index contributed by atoms with van der Waals surface area (Å²) < 4.78 is 2.08. The van der Waals surface area contributed by atoms with Gasteiger partial charge in [0.2, 0.25) is 0 Å². The SMILES string of the molecule is CC(C)CCc1cnnn1CCC(C)C(C)C. The molecule has 0 saturated heterocycles. The van der Waals surface area contributed by atoms with Gasteiger partial charge in [0.1, 0.15) is 0 Å². The molecule has 0 radical (unpaired) electrons. The van der Waals surface area contributed by atoms with Crippen molar-refractivity contribution in [3.8, 4) is 0 Å². The Labute approximate surface area is 106 Å². The highest BCUT2D eigenvalue weighted by molar-refractivity contribution is 4.94. The summed E-state index contributed by atoms with van der Waals surface area (Å²) in [5.74, 6) is 2.24. The lowest BCUT2D eigenvalue weighted by Crippen LogP contribution is -2.12. The van der Waals surface area contributed by atoms with Gasteiger partial charge in [-0.2, -0.15) is 0 Å². The maximum Gasteiger partial charge on any atom is 0.0725 e. The molecule has 1 heterocycles. The van der Waals surface area contributed by atoms with E-state index < -0.39 is 0 Å². The molecule has 1 aromatic rings. The quantitative estimate of drug-likeness (QED) is 0.726. The van der Waals surface area contributed by atoms with Crippen molar-refractivity contribution >= 4 is 0 Å². The smallest absolute Gasteiger partial charge is 0.0725 e. The molecule has 0 spiro atoms. The Morgan fingerprint density at radius 1 is 1.12 bits per heavy atom. The van der Waals surface area contributed by atoms with Crippen molar-refractivity contribution in [2.75, 3.05) is 0 Å². The van der Waals surface area contributed by atoms with E-state index in [1.165, 1.54) is 18.5 Å². The lowest BCUT2D eigenvalue weighted by atomic mass is 9.95. The van der Waals surface area contributed by atoms with E-state index >= 15 is 0 Å². The number of aryl methyl sites for hydroxylation is 2. The highest BCUT2D eigenvalue weighted by atomic mass is 15.4. The molecule has 17 heavy (non-hydrogen) atoms. The first-order valence-electron chi connectivity index (χ1n) is 6.88. The molecule has 0 aliphatic heterocycles. The zero-order valence-electron chi connectivity index (χ0n) is 12.0. The molecule has 0 amide bonds. The van der Waals surface area contributed by atoms with Crippen LogP contribution in [0.5, 0.6) is 0 Å². The zero-order chi connectivity index (χ0) is 12.8. The van der Waals surface area contributed by atoms with Gasteiger partial charge in [-0.1, -0.05) is 39.8 Å². The molecule has 3 heteroatoms. The van der Waals surface area contributed by atoms with E-state index in [1.54, 1.807) is 0 Å². The molecule has 0 N–H and O–H groups in total. The molecule has 1 aromatic heterocycles. The number of hydrogen-bond acceptors (Lipinski definition) is 2. The second kappa shape index (κ2) is 6.77. The van der Waals surface area contributed by atoms with Crippen LogP contribution in [-0.4, -0.2) is 15.0 Å². The van der Waals surface area contributed by atoms with E-state index in [1.807, 2.05) is 6.20 Å². The standard InChI is InChI=1S/C14H27N3/c1-11(2)6-7-14-10-15-16-17(14)9-8-13(5)12(3)4/h10-13H,6-9H2,1-5H3. The van der Waals surface area contributed by atoms with Gasteiger partial charge in [-0.15, -0.1) is 5.10 Å². The third-order valence-electron chi connectivity index (χ3n) is 3.61. The van der Waals surface area contributed by atoms with Crippen LogP contribution in [0.2, 0.25) is 0 Å². The van der Waals surface area contributed by atoms with Gasteiger partial charge in [0.05, 0.1) is 11.9 Å². The summed E-state index contributed by atoms with van der Waals surface area (Å²) in [6.45, 7) is 12.4. The Kier molecular flexibility index (Phi) is 5.66. The van der Waals surface area contributed by atoms with Gasteiger partial charge in [0.15, 0.2) is 0 Å². The predicted octanol–water partition coefficient (Wildman–Crippen LogP) is 3.55. The first-order valence-corrected chi connectivity index (χ1v) is 6.88. The topological polar surface area (TPSA) is 30.7 Å². The maximum absolute atomic E-state index is 4.19. The number of hydrogen-bond donors (Lipinski definition) is 0. The van der Waals surface area contributed by atoms with Crippen LogP contribution in [0.15, 0.2) is 6.20 Å². The van der Waals surface area contributed by atoms with Crippen LogP contribution in [0, 0.1) is 17.8 Å². The van der Waals surface area contributed by atoms with E-state index in [-0.39, 0.29) is 0 Å². The number of nitrogens with zero attached hydrogens (tertiary/aromatic N) is 3. The lowest BCUT2D eigenvalue weighted by Gasteiger charge is -2.15. The molecule has 98 valence electrons. The molecule has 0 aliphatic carbocycles. The Hall–Kier alpha value is -0.860. The molecular formula is C14H27N3. The molecule has 1 unspecified atom stereocenters. The summed E-state index contributed by atoms with van der Waals surface area (Å²) >= 11 is 0. The second-order valence-corrected chi connectivity index (χ2v) is 5.89. The van der Waals surface area contributed by atoms with Gasteiger partial charge in [-0.3, -0.25) is 0 Å². The monoisotopic (exact) mass is 237 g/mol. The second-order valence-electron chi connectivity index (χ2n) is 5.89. The lowest BCUT2D eigenvalue weighted by molar-refractivity contribution is 0.355. The van der Waals surface area contributed by atoms with Crippen molar-refractivity contribution in [3.05, 3.63) is 11.9 Å². The highest BCUT2D eigenvalue weighted by Gasteiger charge is 2.10. The molecule has 1 rings (SSSR count). The van der Waals surface area contributed by atoms with Crippen LogP contribution < -0.4 is 0 Å². The molecule has 0 aliphatic rings. The summed E-state index contributed by atoms with van der Waals surface area (Å²) in [7, 11) is 0. The minimum absolute atomic E-state index is 0.743. The molecule has 0 aromatic carbocycles. The normalized spacial score (nSPS) is 13.6. The fraction of sp³-hybridized carbons (Fsp3) is 0.857. The number of rotatable bonds is 7. The summed E-state index contributed by atoms with van der Waals surface area (Å²) in [6, 6.07) is 0. The van der Waals surface area contributed by atoms with Crippen LogP contribution in [0.3, 0.4) is 0 Å². The van der Waals surface area contributed by atoms with E-state index in [0.29, 0.717) is 0 Å². The van der Waals surface area contributed by atoms with E-state index in [4.69, 9.17) is 0 Å². The fourth-order valence-corrected chi connectivity index (χ4v) is 1.76. The van der Waals surface area contributed by atoms with Gasteiger partial charge in [-0.25, -0.2) is 4.68 Å². The van der Waals surface area contributed by atoms with Crippen molar-refractivity contribution in [3.63, 3.8) is 0 Å². The molecule has 1 atom stereocenters. The van der Waals surface area contributed by atoms with Gasteiger partial charge in [-0.05, 0) is 37.0 Å². The van der Waals surface area contributed by atoms with Gasteiger partial charge in [0, 0.05) is 6.54 Å². The Morgan fingerprint density at radius 3 is 2.41 bits per heavy atom. The molecule has 0 fully saturated rings. The Morgan fingerprint density at radius 2 is 1.82 bits per heavy atom. The first kappa shape index (κ1) is 14.2. The Balaban J connectivity index is 2.45. The maximum atomic E-state index is 4.19. The van der Waals surface area contributed by atoms with Crippen LogP contribution in [-0.2, 0) is 13.0 Å². The van der Waals surface area contributed by atoms with Gasteiger partial charge >= 0.3 is 0 Å². The fourth-order valence-electron chi connectivity index (χ4n) is 1.76. The van der Waals surface area contributed by atoms with Crippen LogP contribution in [0.4, 0.5) is 0 Å². The third kappa shape index (κ3) is 4.88. The third-order valence-corrected chi connectivity index (χ3v) is 3.61. The summed E-state index contributed by atoms with van der Waals surface area (Å²) in [5, 5.41) is 8.23. The van der Waals surface area contributed by atoms with Gasteiger partial charge in [0.25, 0.3) is 0 Å². The van der Waals surface area contributed by atoms with Crippen LogP contribution in [0.25, 0.3) is 0 Å². The average Bonchev–Trinajstić information content (AvgIpc) is 2.70. The van der Waals surface area contributed by atoms with E-state index in [9.17, 15) is 0 Å². The van der Waals surface area contributed by atoms with Crippen molar-refractivity contribution in [1.29, 1.82) is 0 Å². The van der Waals surface area contributed by atoms with Crippen LogP contribution >= 0.6 is 0 Å². The van der Waals surface area contributed by atoms with Crippen molar-refractivity contribution in [1.82, 2.24) is 15.0 Å². The van der Waals surface area contributed by atoms with Crippen molar-refractivity contribution in [2.24, 2.45) is 17.8 Å². The molecular weight excluding hydrogens is 210 g/mol. The van der Waals surface area contributed by atoms with E-state index in [0.717, 1.165) is 30.7 Å². The molecule has 0 bridgehead atoms. The summed E-state index contributed by atoms with van der Waals surface area (Å²) in [5.41, 5.74) is 1.29. The minimum atomic E-state index is 0.743. The van der Waals surface area contributed by atoms with Gasteiger partial charge < -0.3 is 0 Å². The average molecular weight is 237 g/mol. The Bertz CT molecular complexity index is 315. The number of aromatic nitrogens is 3. The first-order chi connectivity index (χ1) is 8.00. The van der Waals surface area contributed by atoms with Crippen molar-refractivity contribution < 1.29 is 0 Å². The van der Waals surface area contributed by atoms with E-state index in [2.05, 4.69) is 49.6 Å². The molecule has 0 saturated carbocycles. The molecule has 3 nitrogen and oxygen atoms in total. The highest BCUT2D eigenvalue weighted by Crippen LogP contribution is 2.15. The zero-order valence-corrected chi connectivity index (χ0v) is 12.0. The minimum Gasteiger partial charge on any atom is -0.249 e. The predicted molar refractivity (Wildman–Crippen MR) is 71.8 cm³/mol. The summed E-state index contributed by atoms with van der Waals surface area (Å²) in [4.78, 5) is 0.